The van der Waals surface area contributed by atoms with Gasteiger partial charge in [-0.25, -0.2) is 0 Å². The molecule has 2 saturated heterocycles. The number of para-hydroxylation sites is 1. The Morgan fingerprint density at radius 2 is 1.97 bits per heavy atom. The van der Waals surface area contributed by atoms with Crippen molar-refractivity contribution in [2.45, 2.75) is 50.4 Å². The van der Waals surface area contributed by atoms with E-state index in [4.69, 9.17) is 14.2 Å². The number of ether oxygens (including phenoxy) is 3. The molecule has 0 aliphatic carbocycles. The Labute approximate surface area is 210 Å². The summed E-state index contributed by atoms with van der Waals surface area (Å²) in [6.45, 7) is 4.29. The van der Waals surface area contributed by atoms with Gasteiger partial charge in [0.05, 0.1) is 32.0 Å². The van der Waals surface area contributed by atoms with Crippen LogP contribution in [0.15, 0.2) is 29.3 Å². The summed E-state index contributed by atoms with van der Waals surface area (Å²) in [4.78, 5) is 9.10. The predicted molar refractivity (Wildman–Crippen MR) is 140 cm³/mol. The molecule has 0 amide bonds. The first kappa shape index (κ1) is 27.1. The molecule has 2 atom stereocenters. The highest BCUT2D eigenvalue weighted by Crippen LogP contribution is 2.27. The molecule has 2 aliphatic heterocycles. The lowest BCUT2D eigenvalue weighted by Gasteiger charge is -2.36. The molecule has 1 aromatic carbocycles. The van der Waals surface area contributed by atoms with Crippen molar-refractivity contribution in [2.75, 3.05) is 61.1 Å². The smallest absolute Gasteiger partial charge is 0.193 e. The number of aliphatic imine (C=N–C) groups is 1. The van der Waals surface area contributed by atoms with Crippen molar-refractivity contribution in [3.05, 3.63) is 29.8 Å². The molecule has 182 valence electrons. The predicted octanol–water partition coefficient (Wildman–Crippen LogP) is 3.54. The van der Waals surface area contributed by atoms with Crippen LogP contribution >= 0.6 is 24.0 Å². The van der Waals surface area contributed by atoms with E-state index in [2.05, 4.69) is 46.3 Å². The standard InChI is InChI=1S/C24H40N4O3.HI/c1-25-24(26-17-22(27(2)3)21-10-5-6-11-23(21)29-4)28-14-12-19(13-15-28)31-18-20-9-7-8-16-30-20;/h5-6,10-11,19-20,22H,7-9,12-18H2,1-4H3,(H,25,26);1H. The van der Waals surface area contributed by atoms with Gasteiger partial charge < -0.3 is 29.3 Å². The van der Waals surface area contributed by atoms with E-state index >= 15 is 0 Å². The van der Waals surface area contributed by atoms with Crippen LogP contribution in [0, 0.1) is 0 Å². The Balaban J connectivity index is 0.00000363. The SMILES string of the molecule is CN=C(NCC(c1ccccc1OC)N(C)C)N1CCC(OCC2CCCCO2)CC1.I. The van der Waals surface area contributed by atoms with Crippen LogP contribution in [-0.4, -0.2) is 89.1 Å². The number of rotatable bonds is 8. The molecule has 0 aromatic heterocycles. The topological polar surface area (TPSA) is 58.6 Å². The fraction of sp³-hybridized carbons (Fsp3) is 0.708. The number of benzene rings is 1. The van der Waals surface area contributed by atoms with Gasteiger partial charge in [0.15, 0.2) is 5.96 Å². The molecule has 1 aromatic rings. The highest BCUT2D eigenvalue weighted by molar-refractivity contribution is 14.0. The first-order valence-electron chi connectivity index (χ1n) is 11.6. The Kier molecular flexibility index (Phi) is 12.1. The van der Waals surface area contributed by atoms with E-state index in [1.54, 1.807) is 7.11 Å². The average Bonchev–Trinajstić information content (AvgIpc) is 2.81. The van der Waals surface area contributed by atoms with Crippen molar-refractivity contribution in [1.82, 2.24) is 15.1 Å². The van der Waals surface area contributed by atoms with Crippen molar-refractivity contribution in [2.24, 2.45) is 4.99 Å². The fourth-order valence-electron chi connectivity index (χ4n) is 4.45. The lowest BCUT2D eigenvalue weighted by atomic mass is 10.0. The Morgan fingerprint density at radius 3 is 2.59 bits per heavy atom. The monoisotopic (exact) mass is 560 g/mol. The molecular formula is C24H41IN4O3. The van der Waals surface area contributed by atoms with Gasteiger partial charge in [-0.05, 0) is 52.3 Å². The van der Waals surface area contributed by atoms with Crippen LogP contribution in [0.5, 0.6) is 5.75 Å². The molecule has 8 heteroatoms. The highest BCUT2D eigenvalue weighted by atomic mass is 127. The second-order valence-electron chi connectivity index (χ2n) is 8.66. The lowest BCUT2D eigenvalue weighted by molar-refractivity contribution is -0.0721. The van der Waals surface area contributed by atoms with Crippen LogP contribution in [0.1, 0.15) is 43.7 Å². The maximum absolute atomic E-state index is 6.16. The zero-order valence-electron chi connectivity index (χ0n) is 20.1. The van der Waals surface area contributed by atoms with Crippen molar-refractivity contribution in [1.29, 1.82) is 0 Å². The van der Waals surface area contributed by atoms with Gasteiger partial charge >= 0.3 is 0 Å². The summed E-state index contributed by atoms with van der Waals surface area (Å²) in [6, 6.07) is 8.40. The van der Waals surface area contributed by atoms with Gasteiger partial charge in [-0.3, -0.25) is 4.99 Å². The number of nitrogens with one attached hydrogen (secondary N) is 1. The minimum Gasteiger partial charge on any atom is -0.496 e. The quantitative estimate of drug-likeness (QED) is 0.298. The normalized spacial score (nSPS) is 21.2. The molecule has 2 fully saturated rings. The third kappa shape index (κ3) is 7.74. The fourth-order valence-corrected chi connectivity index (χ4v) is 4.45. The zero-order valence-corrected chi connectivity index (χ0v) is 22.4. The van der Waals surface area contributed by atoms with E-state index in [0.29, 0.717) is 12.2 Å². The molecule has 7 nitrogen and oxygen atoms in total. The van der Waals surface area contributed by atoms with E-state index in [-0.39, 0.29) is 30.0 Å². The van der Waals surface area contributed by atoms with E-state index in [1.807, 2.05) is 19.2 Å². The van der Waals surface area contributed by atoms with E-state index < -0.39 is 0 Å². The first-order chi connectivity index (χ1) is 15.1. The van der Waals surface area contributed by atoms with Crippen LogP contribution in [-0.2, 0) is 9.47 Å². The molecule has 2 heterocycles. The number of hydrogen-bond acceptors (Lipinski definition) is 5. The van der Waals surface area contributed by atoms with Gasteiger partial charge in [0.2, 0.25) is 0 Å². The molecule has 1 N–H and O–H groups in total. The van der Waals surface area contributed by atoms with Crippen LogP contribution < -0.4 is 10.1 Å². The number of piperidine rings is 1. The van der Waals surface area contributed by atoms with Gasteiger partial charge in [0, 0.05) is 38.9 Å². The third-order valence-electron chi connectivity index (χ3n) is 6.32. The Hall–Kier alpha value is -1.10. The van der Waals surface area contributed by atoms with Gasteiger partial charge in [-0.15, -0.1) is 24.0 Å². The van der Waals surface area contributed by atoms with E-state index in [1.165, 1.54) is 18.4 Å². The molecule has 2 aliphatic rings. The molecular weight excluding hydrogens is 519 g/mol. The van der Waals surface area contributed by atoms with Crippen LogP contribution in [0.25, 0.3) is 0 Å². The average molecular weight is 561 g/mol. The van der Waals surface area contributed by atoms with Crippen LogP contribution in [0.4, 0.5) is 0 Å². The summed E-state index contributed by atoms with van der Waals surface area (Å²) in [5, 5.41) is 3.59. The number of hydrogen-bond donors (Lipinski definition) is 1. The Morgan fingerprint density at radius 1 is 1.22 bits per heavy atom. The van der Waals surface area contributed by atoms with Gasteiger partial charge in [0.25, 0.3) is 0 Å². The minimum atomic E-state index is 0. The molecule has 0 spiro atoms. The number of likely N-dealkylation sites (tertiary alicyclic amines) is 1. The largest absolute Gasteiger partial charge is 0.496 e. The van der Waals surface area contributed by atoms with Crippen molar-refractivity contribution in [3.63, 3.8) is 0 Å². The number of methoxy groups -OCH3 is 1. The molecule has 2 unspecified atom stereocenters. The first-order valence-corrected chi connectivity index (χ1v) is 11.6. The molecule has 32 heavy (non-hydrogen) atoms. The van der Waals surface area contributed by atoms with Crippen LogP contribution in [0.3, 0.4) is 0 Å². The van der Waals surface area contributed by atoms with Gasteiger partial charge in [-0.2, -0.15) is 0 Å². The summed E-state index contributed by atoms with van der Waals surface area (Å²) in [6.07, 6.45) is 6.24. The van der Waals surface area contributed by atoms with E-state index in [0.717, 1.165) is 63.8 Å². The summed E-state index contributed by atoms with van der Waals surface area (Å²) >= 11 is 0. The molecule has 0 radical (unpaired) electrons. The number of guanidine groups is 1. The second kappa shape index (κ2) is 14.2. The molecule has 3 rings (SSSR count). The number of likely N-dealkylation sites (N-methyl/N-ethyl adjacent to an activating group) is 1. The lowest BCUT2D eigenvalue weighted by Crippen LogP contribution is -2.48. The molecule has 0 bridgehead atoms. The summed E-state index contributed by atoms with van der Waals surface area (Å²) in [5.74, 6) is 1.87. The zero-order chi connectivity index (χ0) is 22.1. The van der Waals surface area contributed by atoms with E-state index in [9.17, 15) is 0 Å². The summed E-state index contributed by atoms with van der Waals surface area (Å²) in [5.41, 5.74) is 1.18. The maximum atomic E-state index is 6.16. The third-order valence-corrected chi connectivity index (χ3v) is 6.32. The second-order valence-corrected chi connectivity index (χ2v) is 8.66. The summed E-state index contributed by atoms with van der Waals surface area (Å²) < 4.78 is 17.5. The minimum absolute atomic E-state index is 0. The van der Waals surface area contributed by atoms with Crippen molar-refractivity contribution < 1.29 is 14.2 Å². The van der Waals surface area contributed by atoms with Gasteiger partial charge in [-0.1, -0.05) is 18.2 Å². The van der Waals surface area contributed by atoms with Crippen molar-refractivity contribution in [3.8, 4) is 5.75 Å². The summed E-state index contributed by atoms with van der Waals surface area (Å²) in [7, 11) is 7.78. The molecule has 0 saturated carbocycles. The number of nitrogens with zero attached hydrogens (tertiary/aromatic N) is 3. The number of halogens is 1. The Bertz CT molecular complexity index is 690. The van der Waals surface area contributed by atoms with Gasteiger partial charge in [0.1, 0.15) is 5.75 Å². The highest BCUT2D eigenvalue weighted by Gasteiger charge is 2.25. The van der Waals surface area contributed by atoms with Crippen LogP contribution in [0.2, 0.25) is 0 Å². The van der Waals surface area contributed by atoms with Crippen molar-refractivity contribution >= 4 is 29.9 Å². The maximum Gasteiger partial charge on any atom is 0.193 e.